The molecule has 1 fully saturated rings. The summed E-state index contributed by atoms with van der Waals surface area (Å²) >= 11 is 3.37. The van der Waals surface area contributed by atoms with E-state index in [1.54, 1.807) is 0 Å². The van der Waals surface area contributed by atoms with Crippen LogP contribution in [0, 0.1) is 11.3 Å². The SMILES string of the molecule is N=C(N)c1cc(Br)ccc1OCC1CCCC1. The minimum absolute atomic E-state index is 0.0488. The lowest BCUT2D eigenvalue weighted by molar-refractivity contribution is 0.251. The molecule has 0 unspecified atom stereocenters. The molecule has 0 saturated heterocycles. The Morgan fingerprint density at radius 2 is 2.12 bits per heavy atom. The molecule has 4 heteroatoms. The summed E-state index contributed by atoms with van der Waals surface area (Å²) < 4.78 is 6.71. The first-order chi connectivity index (χ1) is 8.16. The maximum Gasteiger partial charge on any atom is 0.130 e. The van der Waals surface area contributed by atoms with Gasteiger partial charge in [-0.1, -0.05) is 28.8 Å². The topological polar surface area (TPSA) is 59.1 Å². The lowest BCUT2D eigenvalue weighted by atomic mass is 10.1. The van der Waals surface area contributed by atoms with Crippen LogP contribution >= 0.6 is 15.9 Å². The summed E-state index contributed by atoms with van der Waals surface area (Å²) in [7, 11) is 0. The number of amidine groups is 1. The molecular weight excluding hydrogens is 280 g/mol. The Kier molecular flexibility index (Phi) is 4.05. The molecule has 1 aromatic rings. The summed E-state index contributed by atoms with van der Waals surface area (Å²) in [6.07, 6.45) is 5.14. The number of halogens is 1. The Labute approximate surface area is 110 Å². The number of benzene rings is 1. The molecule has 0 atom stereocenters. The van der Waals surface area contributed by atoms with Crippen LogP contribution in [0.25, 0.3) is 0 Å². The van der Waals surface area contributed by atoms with Gasteiger partial charge < -0.3 is 10.5 Å². The van der Waals surface area contributed by atoms with Crippen LogP contribution in [-0.2, 0) is 0 Å². The van der Waals surface area contributed by atoms with Gasteiger partial charge in [0.2, 0.25) is 0 Å². The molecule has 0 aromatic heterocycles. The molecule has 0 spiro atoms. The number of nitrogens with one attached hydrogen (secondary N) is 1. The van der Waals surface area contributed by atoms with E-state index in [0.29, 0.717) is 17.2 Å². The van der Waals surface area contributed by atoms with E-state index in [9.17, 15) is 0 Å². The molecule has 1 aliphatic rings. The zero-order chi connectivity index (χ0) is 12.3. The number of hydrogen-bond acceptors (Lipinski definition) is 2. The van der Waals surface area contributed by atoms with E-state index in [2.05, 4.69) is 15.9 Å². The van der Waals surface area contributed by atoms with Crippen molar-refractivity contribution in [2.45, 2.75) is 25.7 Å². The fraction of sp³-hybridized carbons (Fsp3) is 0.462. The van der Waals surface area contributed by atoms with E-state index >= 15 is 0 Å². The summed E-state index contributed by atoms with van der Waals surface area (Å²) in [6.45, 7) is 0.738. The van der Waals surface area contributed by atoms with E-state index < -0.39 is 0 Å². The van der Waals surface area contributed by atoms with Gasteiger partial charge in [-0.2, -0.15) is 0 Å². The molecule has 0 radical (unpaired) electrons. The summed E-state index contributed by atoms with van der Waals surface area (Å²) in [5, 5.41) is 7.54. The molecule has 0 aliphatic heterocycles. The molecule has 0 bridgehead atoms. The molecular formula is C13H17BrN2O. The maximum atomic E-state index is 7.54. The molecule has 17 heavy (non-hydrogen) atoms. The molecule has 1 aliphatic carbocycles. The first-order valence-electron chi connectivity index (χ1n) is 5.93. The molecule has 1 saturated carbocycles. The Bertz CT molecular complexity index is 414. The number of hydrogen-bond donors (Lipinski definition) is 2. The van der Waals surface area contributed by atoms with Gasteiger partial charge in [-0.3, -0.25) is 5.41 Å². The summed E-state index contributed by atoms with van der Waals surface area (Å²) in [6, 6.07) is 5.61. The highest BCUT2D eigenvalue weighted by molar-refractivity contribution is 9.10. The van der Waals surface area contributed by atoms with E-state index in [-0.39, 0.29) is 5.84 Å². The second kappa shape index (κ2) is 5.54. The van der Waals surface area contributed by atoms with E-state index in [0.717, 1.165) is 11.1 Å². The third kappa shape index (κ3) is 3.22. The third-order valence-electron chi connectivity index (χ3n) is 3.18. The quantitative estimate of drug-likeness (QED) is 0.661. The predicted octanol–water partition coefficient (Wildman–Crippen LogP) is 3.30. The highest BCUT2D eigenvalue weighted by Crippen LogP contribution is 2.27. The van der Waals surface area contributed by atoms with Gasteiger partial charge in [0.05, 0.1) is 12.2 Å². The molecule has 0 amide bonds. The van der Waals surface area contributed by atoms with E-state index in [1.165, 1.54) is 25.7 Å². The van der Waals surface area contributed by atoms with E-state index in [1.807, 2.05) is 18.2 Å². The summed E-state index contributed by atoms with van der Waals surface area (Å²) in [5.41, 5.74) is 6.21. The van der Waals surface area contributed by atoms with Gasteiger partial charge in [-0.05, 0) is 37.0 Å². The number of nitrogens with two attached hydrogens (primary N) is 1. The lowest BCUT2D eigenvalue weighted by Gasteiger charge is -2.14. The standard InChI is InChI=1S/C13H17BrN2O/c14-10-5-6-12(11(7-10)13(15)16)17-8-9-3-1-2-4-9/h5-7,9H,1-4,8H2,(H3,15,16). The van der Waals surface area contributed by atoms with Crippen molar-refractivity contribution in [1.29, 1.82) is 5.41 Å². The van der Waals surface area contributed by atoms with Crippen LogP contribution in [0.15, 0.2) is 22.7 Å². The van der Waals surface area contributed by atoms with Crippen LogP contribution in [0.4, 0.5) is 0 Å². The van der Waals surface area contributed by atoms with Crippen molar-refractivity contribution in [3.63, 3.8) is 0 Å². The molecule has 3 N–H and O–H groups in total. The van der Waals surface area contributed by atoms with Gasteiger partial charge in [-0.25, -0.2) is 0 Å². The van der Waals surface area contributed by atoms with Gasteiger partial charge in [0.25, 0.3) is 0 Å². The molecule has 92 valence electrons. The smallest absolute Gasteiger partial charge is 0.130 e. The minimum atomic E-state index is 0.0488. The third-order valence-corrected chi connectivity index (χ3v) is 3.67. The number of ether oxygens (including phenoxy) is 1. The largest absolute Gasteiger partial charge is 0.493 e. The van der Waals surface area contributed by atoms with Crippen molar-refractivity contribution >= 4 is 21.8 Å². The maximum absolute atomic E-state index is 7.54. The Morgan fingerprint density at radius 3 is 2.76 bits per heavy atom. The average Bonchev–Trinajstić information content (AvgIpc) is 2.80. The summed E-state index contributed by atoms with van der Waals surface area (Å²) in [5.74, 6) is 1.43. The zero-order valence-corrected chi connectivity index (χ0v) is 11.3. The van der Waals surface area contributed by atoms with Crippen LogP contribution in [0.1, 0.15) is 31.2 Å². The second-order valence-corrected chi connectivity index (χ2v) is 5.43. The van der Waals surface area contributed by atoms with Crippen molar-refractivity contribution in [2.24, 2.45) is 11.7 Å². The Balaban J connectivity index is 2.06. The highest BCUT2D eigenvalue weighted by Gasteiger charge is 2.16. The lowest BCUT2D eigenvalue weighted by Crippen LogP contribution is -2.15. The first kappa shape index (κ1) is 12.4. The van der Waals surface area contributed by atoms with Crippen LogP contribution in [0.2, 0.25) is 0 Å². The van der Waals surface area contributed by atoms with Crippen molar-refractivity contribution in [3.05, 3.63) is 28.2 Å². The van der Waals surface area contributed by atoms with Gasteiger partial charge in [-0.15, -0.1) is 0 Å². The number of rotatable bonds is 4. The van der Waals surface area contributed by atoms with E-state index in [4.69, 9.17) is 15.9 Å². The van der Waals surface area contributed by atoms with Gasteiger partial charge in [0.15, 0.2) is 0 Å². The van der Waals surface area contributed by atoms with Crippen molar-refractivity contribution in [1.82, 2.24) is 0 Å². The van der Waals surface area contributed by atoms with Crippen LogP contribution < -0.4 is 10.5 Å². The highest BCUT2D eigenvalue weighted by atomic mass is 79.9. The van der Waals surface area contributed by atoms with Crippen molar-refractivity contribution in [2.75, 3.05) is 6.61 Å². The fourth-order valence-corrected chi connectivity index (χ4v) is 2.58. The predicted molar refractivity (Wildman–Crippen MR) is 72.6 cm³/mol. The minimum Gasteiger partial charge on any atom is -0.493 e. The van der Waals surface area contributed by atoms with Gasteiger partial charge in [0, 0.05) is 4.47 Å². The molecule has 1 aromatic carbocycles. The molecule has 0 heterocycles. The van der Waals surface area contributed by atoms with Gasteiger partial charge in [0.1, 0.15) is 11.6 Å². The van der Waals surface area contributed by atoms with Gasteiger partial charge >= 0.3 is 0 Å². The Hall–Kier alpha value is -1.03. The summed E-state index contributed by atoms with van der Waals surface area (Å²) in [4.78, 5) is 0. The van der Waals surface area contributed by atoms with Crippen LogP contribution in [0.5, 0.6) is 5.75 Å². The Morgan fingerprint density at radius 1 is 1.41 bits per heavy atom. The monoisotopic (exact) mass is 296 g/mol. The second-order valence-electron chi connectivity index (χ2n) is 4.52. The first-order valence-corrected chi connectivity index (χ1v) is 6.73. The molecule has 2 rings (SSSR count). The van der Waals surface area contributed by atoms with Crippen molar-refractivity contribution in [3.8, 4) is 5.75 Å². The van der Waals surface area contributed by atoms with Crippen molar-refractivity contribution < 1.29 is 4.74 Å². The average molecular weight is 297 g/mol. The normalized spacial score (nSPS) is 16.1. The van der Waals surface area contributed by atoms with Crippen LogP contribution in [0.3, 0.4) is 0 Å². The van der Waals surface area contributed by atoms with Crippen LogP contribution in [-0.4, -0.2) is 12.4 Å². The fourth-order valence-electron chi connectivity index (χ4n) is 2.22. The molecule has 3 nitrogen and oxygen atoms in total. The zero-order valence-electron chi connectivity index (χ0n) is 9.71. The number of nitrogen functional groups attached to an aromatic ring is 1.